The highest BCUT2D eigenvalue weighted by atomic mass is 16.5. The Kier molecular flexibility index (Phi) is 2.89. The largest absolute Gasteiger partial charge is 0.381 e. The fourth-order valence-corrected chi connectivity index (χ4v) is 3.30. The SMILES string of the molecule is NCCC1CCCC12CCOCC2. The summed E-state index contributed by atoms with van der Waals surface area (Å²) in [6.45, 7) is 2.84. The van der Waals surface area contributed by atoms with E-state index >= 15 is 0 Å². The minimum absolute atomic E-state index is 0.637. The molecule has 2 heteroatoms. The highest BCUT2D eigenvalue weighted by Gasteiger charge is 2.42. The van der Waals surface area contributed by atoms with Gasteiger partial charge in [0.2, 0.25) is 0 Å². The number of nitrogens with two attached hydrogens (primary N) is 1. The van der Waals surface area contributed by atoms with Crippen LogP contribution in [0.2, 0.25) is 0 Å². The summed E-state index contributed by atoms with van der Waals surface area (Å²) in [6.07, 6.45) is 8.08. The average Bonchev–Trinajstić information content (AvgIpc) is 2.52. The maximum atomic E-state index is 5.67. The molecule has 1 atom stereocenters. The lowest BCUT2D eigenvalue weighted by Crippen LogP contribution is -2.33. The second kappa shape index (κ2) is 3.97. The van der Waals surface area contributed by atoms with Crippen LogP contribution in [0.25, 0.3) is 0 Å². The number of hydrogen-bond donors (Lipinski definition) is 1. The van der Waals surface area contributed by atoms with Gasteiger partial charge in [0.1, 0.15) is 0 Å². The molecular formula is C11H21NO. The highest BCUT2D eigenvalue weighted by Crippen LogP contribution is 2.51. The molecule has 1 aliphatic heterocycles. The van der Waals surface area contributed by atoms with Gasteiger partial charge < -0.3 is 10.5 Å². The van der Waals surface area contributed by atoms with Crippen LogP contribution in [-0.2, 0) is 4.74 Å². The van der Waals surface area contributed by atoms with Crippen molar-refractivity contribution in [3.63, 3.8) is 0 Å². The highest BCUT2D eigenvalue weighted by molar-refractivity contribution is 4.93. The van der Waals surface area contributed by atoms with Crippen molar-refractivity contribution >= 4 is 0 Å². The standard InChI is InChI=1S/C11H21NO/c12-7-3-10-2-1-4-11(10)5-8-13-9-6-11/h10H,1-9,12H2. The van der Waals surface area contributed by atoms with Crippen molar-refractivity contribution in [1.29, 1.82) is 0 Å². The Hall–Kier alpha value is -0.0800. The maximum Gasteiger partial charge on any atom is 0.0471 e. The summed E-state index contributed by atoms with van der Waals surface area (Å²) in [4.78, 5) is 0. The third-order valence-corrected chi connectivity index (χ3v) is 4.10. The summed E-state index contributed by atoms with van der Waals surface area (Å²) in [5.74, 6) is 0.904. The van der Waals surface area contributed by atoms with Crippen molar-refractivity contribution in [1.82, 2.24) is 0 Å². The quantitative estimate of drug-likeness (QED) is 0.710. The van der Waals surface area contributed by atoms with Crippen molar-refractivity contribution in [3.05, 3.63) is 0 Å². The predicted octanol–water partition coefficient (Wildman–Crippen LogP) is 1.93. The van der Waals surface area contributed by atoms with E-state index in [1.54, 1.807) is 0 Å². The summed E-state index contributed by atoms with van der Waals surface area (Å²) < 4.78 is 5.45. The Labute approximate surface area is 80.8 Å². The molecule has 2 nitrogen and oxygen atoms in total. The summed E-state index contributed by atoms with van der Waals surface area (Å²) in [5.41, 5.74) is 6.30. The molecule has 1 saturated carbocycles. The van der Waals surface area contributed by atoms with Crippen LogP contribution in [0, 0.1) is 11.3 Å². The van der Waals surface area contributed by atoms with Crippen LogP contribution in [0.4, 0.5) is 0 Å². The van der Waals surface area contributed by atoms with Crippen LogP contribution >= 0.6 is 0 Å². The van der Waals surface area contributed by atoms with E-state index in [4.69, 9.17) is 10.5 Å². The molecule has 0 aromatic carbocycles. The summed E-state index contributed by atoms with van der Waals surface area (Å²) in [5, 5.41) is 0. The van der Waals surface area contributed by atoms with E-state index in [0.717, 1.165) is 25.7 Å². The second-order valence-electron chi connectivity index (χ2n) is 4.64. The van der Waals surface area contributed by atoms with Gasteiger partial charge in [-0.1, -0.05) is 6.42 Å². The molecule has 1 heterocycles. The third-order valence-electron chi connectivity index (χ3n) is 4.10. The number of hydrogen-bond acceptors (Lipinski definition) is 2. The van der Waals surface area contributed by atoms with Gasteiger partial charge in [0.25, 0.3) is 0 Å². The van der Waals surface area contributed by atoms with E-state index in [1.165, 1.54) is 38.5 Å². The fourth-order valence-electron chi connectivity index (χ4n) is 3.30. The Morgan fingerprint density at radius 2 is 2.00 bits per heavy atom. The first-order valence-electron chi connectivity index (χ1n) is 5.65. The summed E-state index contributed by atoms with van der Waals surface area (Å²) in [6, 6.07) is 0. The lowest BCUT2D eigenvalue weighted by Gasteiger charge is -2.39. The van der Waals surface area contributed by atoms with E-state index < -0.39 is 0 Å². The first kappa shape index (κ1) is 9.47. The van der Waals surface area contributed by atoms with Gasteiger partial charge in [-0.05, 0) is 50.0 Å². The second-order valence-corrected chi connectivity index (χ2v) is 4.64. The molecule has 0 radical (unpaired) electrons. The summed E-state index contributed by atoms with van der Waals surface area (Å²) >= 11 is 0. The zero-order valence-electron chi connectivity index (χ0n) is 8.43. The normalized spacial score (nSPS) is 32.5. The first-order chi connectivity index (χ1) is 6.37. The van der Waals surface area contributed by atoms with Crippen molar-refractivity contribution in [2.45, 2.75) is 38.5 Å². The molecule has 0 bridgehead atoms. The zero-order valence-corrected chi connectivity index (χ0v) is 8.43. The molecule has 76 valence electrons. The molecule has 2 rings (SSSR count). The van der Waals surface area contributed by atoms with Crippen LogP contribution in [0.5, 0.6) is 0 Å². The summed E-state index contributed by atoms with van der Waals surface area (Å²) in [7, 11) is 0. The van der Waals surface area contributed by atoms with Crippen LogP contribution in [0.15, 0.2) is 0 Å². The van der Waals surface area contributed by atoms with Gasteiger partial charge in [0.05, 0.1) is 0 Å². The molecule has 1 unspecified atom stereocenters. The lowest BCUT2D eigenvalue weighted by molar-refractivity contribution is -0.00714. The molecule has 2 aliphatic rings. The molecular weight excluding hydrogens is 162 g/mol. The molecule has 2 fully saturated rings. The van der Waals surface area contributed by atoms with Crippen LogP contribution in [0.3, 0.4) is 0 Å². The van der Waals surface area contributed by atoms with E-state index in [1.807, 2.05) is 0 Å². The first-order valence-corrected chi connectivity index (χ1v) is 5.65. The lowest BCUT2D eigenvalue weighted by atomic mass is 9.71. The van der Waals surface area contributed by atoms with Gasteiger partial charge in [-0.2, -0.15) is 0 Å². The number of rotatable bonds is 2. The van der Waals surface area contributed by atoms with Gasteiger partial charge in [-0.25, -0.2) is 0 Å². The van der Waals surface area contributed by atoms with Gasteiger partial charge in [-0.3, -0.25) is 0 Å². The van der Waals surface area contributed by atoms with Crippen molar-refractivity contribution in [2.24, 2.45) is 17.1 Å². The average molecular weight is 183 g/mol. The Morgan fingerprint density at radius 3 is 2.69 bits per heavy atom. The van der Waals surface area contributed by atoms with Gasteiger partial charge in [0, 0.05) is 13.2 Å². The molecule has 13 heavy (non-hydrogen) atoms. The Bertz CT molecular complexity index is 163. The van der Waals surface area contributed by atoms with Crippen molar-refractivity contribution in [3.8, 4) is 0 Å². The predicted molar refractivity (Wildman–Crippen MR) is 53.5 cm³/mol. The molecule has 0 amide bonds. The topological polar surface area (TPSA) is 35.2 Å². The maximum absolute atomic E-state index is 5.67. The van der Waals surface area contributed by atoms with E-state index in [0.29, 0.717) is 5.41 Å². The van der Waals surface area contributed by atoms with Crippen LogP contribution in [-0.4, -0.2) is 19.8 Å². The van der Waals surface area contributed by atoms with Crippen molar-refractivity contribution < 1.29 is 4.74 Å². The molecule has 2 N–H and O–H groups in total. The van der Waals surface area contributed by atoms with Crippen molar-refractivity contribution in [2.75, 3.05) is 19.8 Å². The van der Waals surface area contributed by atoms with Crippen LogP contribution < -0.4 is 5.73 Å². The molecule has 1 saturated heterocycles. The molecule has 0 aromatic heterocycles. The minimum Gasteiger partial charge on any atom is -0.381 e. The van der Waals surface area contributed by atoms with E-state index in [9.17, 15) is 0 Å². The monoisotopic (exact) mass is 183 g/mol. The van der Waals surface area contributed by atoms with Gasteiger partial charge >= 0.3 is 0 Å². The van der Waals surface area contributed by atoms with Gasteiger partial charge in [0.15, 0.2) is 0 Å². The number of ether oxygens (including phenoxy) is 1. The molecule has 1 spiro atoms. The Morgan fingerprint density at radius 1 is 1.23 bits per heavy atom. The smallest absolute Gasteiger partial charge is 0.0471 e. The van der Waals surface area contributed by atoms with E-state index in [2.05, 4.69) is 0 Å². The zero-order chi connectivity index (χ0) is 9.15. The van der Waals surface area contributed by atoms with E-state index in [-0.39, 0.29) is 0 Å². The molecule has 1 aliphatic carbocycles. The van der Waals surface area contributed by atoms with Crippen LogP contribution in [0.1, 0.15) is 38.5 Å². The fraction of sp³-hybridized carbons (Fsp3) is 1.00. The van der Waals surface area contributed by atoms with Gasteiger partial charge in [-0.15, -0.1) is 0 Å². The molecule has 0 aromatic rings. The minimum atomic E-state index is 0.637. The third kappa shape index (κ3) is 1.75. The Balaban J connectivity index is 2.00.